The van der Waals surface area contributed by atoms with Gasteiger partial charge in [0.15, 0.2) is 0 Å². The van der Waals surface area contributed by atoms with Crippen LogP contribution in [0.3, 0.4) is 0 Å². The van der Waals surface area contributed by atoms with Gasteiger partial charge in [0, 0.05) is 24.8 Å². The second kappa shape index (κ2) is 5.36. The van der Waals surface area contributed by atoms with Crippen molar-refractivity contribution in [1.29, 1.82) is 0 Å². The van der Waals surface area contributed by atoms with Gasteiger partial charge in [-0.1, -0.05) is 6.92 Å². The molecular weight excluding hydrogens is 216 g/mol. The van der Waals surface area contributed by atoms with Crippen LogP contribution in [0, 0.1) is 0 Å². The summed E-state index contributed by atoms with van der Waals surface area (Å²) in [5.41, 5.74) is 2.08. The lowest BCUT2D eigenvalue weighted by molar-refractivity contribution is 0.145. The Kier molecular flexibility index (Phi) is 3.84. The molecule has 0 spiro atoms. The standard InChI is InChI=1S/C13H20N2O2/c1-3-10-8-13(17-2)12(9-14-10)15-6-4-11(16)5-7-15/h8-9,11,16H,3-7H2,1-2H3. The number of aromatic nitrogens is 1. The predicted octanol–water partition coefficient (Wildman–Crippen LogP) is 1.61. The van der Waals surface area contributed by atoms with Crippen LogP contribution in [-0.2, 0) is 6.42 Å². The third kappa shape index (κ3) is 2.69. The van der Waals surface area contributed by atoms with Gasteiger partial charge in [-0.3, -0.25) is 4.98 Å². The molecule has 94 valence electrons. The second-order valence-corrected chi connectivity index (χ2v) is 4.42. The minimum Gasteiger partial charge on any atom is -0.494 e. The van der Waals surface area contributed by atoms with Crippen LogP contribution in [0.4, 0.5) is 5.69 Å². The first kappa shape index (κ1) is 12.2. The summed E-state index contributed by atoms with van der Waals surface area (Å²) in [6.45, 7) is 3.81. The Labute approximate surface area is 102 Å². The van der Waals surface area contributed by atoms with Crippen LogP contribution in [-0.4, -0.2) is 36.4 Å². The number of aliphatic hydroxyl groups is 1. The van der Waals surface area contributed by atoms with Gasteiger partial charge in [-0.15, -0.1) is 0 Å². The molecular formula is C13H20N2O2. The third-order valence-electron chi connectivity index (χ3n) is 3.29. The number of hydrogen-bond donors (Lipinski definition) is 1. The van der Waals surface area contributed by atoms with Crippen molar-refractivity contribution in [2.75, 3.05) is 25.1 Å². The Balaban J connectivity index is 2.19. The number of aryl methyl sites for hydroxylation is 1. The quantitative estimate of drug-likeness (QED) is 0.866. The minimum atomic E-state index is -0.153. The van der Waals surface area contributed by atoms with E-state index in [-0.39, 0.29) is 6.10 Å². The molecule has 17 heavy (non-hydrogen) atoms. The van der Waals surface area contributed by atoms with Gasteiger partial charge in [-0.2, -0.15) is 0 Å². The summed E-state index contributed by atoms with van der Waals surface area (Å²) >= 11 is 0. The van der Waals surface area contributed by atoms with Gasteiger partial charge in [-0.25, -0.2) is 0 Å². The van der Waals surface area contributed by atoms with E-state index in [0.717, 1.165) is 49.5 Å². The fraction of sp³-hybridized carbons (Fsp3) is 0.615. The van der Waals surface area contributed by atoms with E-state index < -0.39 is 0 Å². The normalized spacial score (nSPS) is 17.2. The topological polar surface area (TPSA) is 45.6 Å². The van der Waals surface area contributed by atoms with E-state index in [1.165, 1.54) is 0 Å². The number of methoxy groups -OCH3 is 1. The van der Waals surface area contributed by atoms with Crippen molar-refractivity contribution in [2.45, 2.75) is 32.3 Å². The molecule has 0 unspecified atom stereocenters. The van der Waals surface area contributed by atoms with Crippen LogP contribution in [0.25, 0.3) is 0 Å². The molecule has 1 aromatic heterocycles. The molecule has 0 aliphatic carbocycles. The van der Waals surface area contributed by atoms with E-state index in [1.54, 1.807) is 7.11 Å². The van der Waals surface area contributed by atoms with Crippen molar-refractivity contribution < 1.29 is 9.84 Å². The highest BCUT2D eigenvalue weighted by Gasteiger charge is 2.20. The highest BCUT2D eigenvalue weighted by molar-refractivity contribution is 5.57. The summed E-state index contributed by atoms with van der Waals surface area (Å²) in [5, 5.41) is 9.51. The van der Waals surface area contributed by atoms with Crippen LogP contribution in [0.2, 0.25) is 0 Å². The number of pyridine rings is 1. The summed E-state index contributed by atoms with van der Waals surface area (Å²) in [7, 11) is 1.69. The fourth-order valence-corrected chi connectivity index (χ4v) is 2.17. The van der Waals surface area contributed by atoms with Gasteiger partial charge >= 0.3 is 0 Å². The Bertz CT molecular complexity index is 374. The van der Waals surface area contributed by atoms with Crippen molar-refractivity contribution in [3.05, 3.63) is 18.0 Å². The molecule has 0 saturated carbocycles. The van der Waals surface area contributed by atoms with Crippen molar-refractivity contribution >= 4 is 5.69 Å². The van der Waals surface area contributed by atoms with Gasteiger partial charge in [-0.05, 0) is 19.3 Å². The fourth-order valence-electron chi connectivity index (χ4n) is 2.17. The van der Waals surface area contributed by atoms with Gasteiger partial charge in [0.1, 0.15) is 5.75 Å². The summed E-state index contributed by atoms with van der Waals surface area (Å²) in [6.07, 6.45) is 4.28. The molecule has 1 aliphatic rings. The van der Waals surface area contributed by atoms with Crippen molar-refractivity contribution in [1.82, 2.24) is 4.98 Å². The van der Waals surface area contributed by atoms with Crippen molar-refractivity contribution in [2.24, 2.45) is 0 Å². The van der Waals surface area contributed by atoms with Crippen LogP contribution in [0.1, 0.15) is 25.5 Å². The Morgan fingerprint density at radius 1 is 1.47 bits per heavy atom. The first-order chi connectivity index (χ1) is 8.24. The SMILES string of the molecule is CCc1cc(OC)c(N2CCC(O)CC2)cn1. The molecule has 1 saturated heterocycles. The molecule has 1 fully saturated rings. The van der Waals surface area contributed by atoms with E-state index >= 15 is 0 Å². The number of anilines is 1. The van der Waals surface area contributed by atoms with E-state index in [1.807, 2.05) is 12.3 Å². The number of nitrogens with zero attached hydrogens (tertiary/aromatic N) is 2. The Morgan fingerprint density at radius 2 is 2.18 bits per heavy atom. The number of aliphatic hydroxyl groups excluding tert-OH is 1. The Hall–Kier alpha value is -1.29. The molecule has 1 aliphatic heterocycles. The molecule has 0 atom stereocenters. The number of ether oxygens (including phenoxy) is 1. The predicted molar refractivity (Wildman–Crippen MR) is 67.6 cm³/mol. The summed E-state index contributed by atoms with van der Waals surface area (Å²) in [6, 6.07) is 2.00. The molecule has 0 aromatic carbocycles. The molecule has 0 amide bonds. The maximum absolute atomic E-state index is 9.51. The van der Waals surface area contributed by atoms with Gasteiger partial charge in [0.05, 0.1) is 25.1 Å². The smallest absolute Gasteiger partial charge is 0.145 e. The molecule has 2 heterocycles. The van der Waals surface area contributed by atoms with Gasteiger partial charge in [0.25, 0.3) is 0 Å². The first-order valence-electron chi connectivity index (χ1n) is 6.20. The molecule has 4 nitrogen and oxygen atoms in total. The largest absolute Gasteiger partial charge is 0.494 e. The lowest BCUT2D eigenvalue weighted by Crippen LogP contribution is -2.36. The maximum atomic E-state index is 9.51. The van der Waals surface area contributed by atoms with Crippen LogP contribution in [0.15, 0.2) is 12.3 Å². The lowest BCUT2D eigenvalue weighted by atomic mass is 10.1. The number of rotatable bonds is 3. The zero-order chi connectivity index (χ0) is 12.3. The van der Waals surface area contributed by atoms with Crippen molar-refractivity contribution in [3.8, 4) is 5.75 Å². The zero-order valence-electron chi connectivity index (χ0n) is 10.5. The van der Waals surface area contributed by atoms with Crippen molar-refractivity contribution in [3.63, 3.8) is 0 Å². The average Bonchev–Trinajstić information content (AvgIpc) is 2.39. The third-order valence-corrected chi connectivity index (χ3v) is 3.29. The highest BCUT2D eigenvalue weighted by atomic mass is 16.5. The molecule has 1 N–H and O–H groups in total. The monoisotopic (exact) mass is 236 g/mol. The van der Waals surface area contributed by atoms with Gasteiger partial charge < -0.3 is 14.7 Å². The number of piperidine rings is 1. The van der Waals surface area contributed by atoms with Crippen LogP contribution in [0.5, 0.6) is 5.75 Å². The second-order valence-electron chi connectivity index (χ2n) is 4.42. The maximum Gasteiger partial charge on any atom is 0.145 e. The molecule has 1 aromatic rings. The van der Waals surface area contributed by atoms with Gasteiger partial charge in [0.2, 0.25) is 0 Å². The van der Waals surface area contributed by atoms with E-state index in [9.17, 15) is 5.11 Å². The van der Waals surface area contributed by atoms with Crippen LogP contribution >= 0.6 is 0 Å². The first-order valence-corrected chi connectivity index (χ1v) is 6.20. The zero-order valence-corrected chi connectivity index (χ0v) is 10.5. The van der Waals surface area contributed by atoms with E-state index in [2.05, 4.69) is 16.8 Å². The summed E-state index contributed by atoms with van der Waals surface area (Å²) in [4.78, 5) is 6.65. The summed E-state index contributed by atoms with van der Waals surface area (Å²) < 4.78 is 5.42. The Morgan fingerprint density at radius 3 is 2.76 bits per heavy atom. The molecule has 0 radical (unpaired) electrons. The summed E-state index contributed by atoms with van der Waals surface area (Å²) in [5.74, 6) is 0.883. The molecule has 4 heteroatoms. The van der Waals surface area contributed by atoms with E-state index in [4.69, 9.17) is 4.74 Å². The molecule has 0 bridgehead atoms. The lowest BCUT2D eigenvalue weighted by Gasteiger charge is -2.32. The molecule has 2 rings (SSSR count). The average molecular weight is 236 g/mol. The van der Waals surface area contributed by atoms with E-state index in [0.29, 0.717) is 0 Å². The highest BCUT2D eigenvalue weighted by Crippen LogP contribution is 2.30. The van der Waals surface area contributed by atoms with Crippen LogP contribution < -0.4 is 9.64 Å². The minimum absolute atomic E-state index is 0.153. The number of hydrogen-bond acceptors (Lipinski definition) is 4.